The largest absolute Gasteiger partial charge is 0.306 e. The van der Waals surface area contributed by atoms with Crippen LogP contribution >= 0.6 is 0 Å². The summed E-state index contributed by atoms with van der Waals surface area (Å²) in [4.78, 5) is 12.8. The molecule has 0 amide bonds. The zero-order chi connectivity index (χ0) is 9.72. The van der Waals surface area contributed by atoms with Crippen LogP contribution in [-0.4, -0.2) is 31.3 Å². The van der Waals surface area contributed by atoms with Crippen molar-refractivity contribution in [3.63, 3.8) is 0 Å². The predicted octanol–water partition coefficient (Wildman–Crippen LogP) is 1.63. The summed E-state index contributed by atoms with van der Waals surface area (Å²) in [5.41, 5.74) is 0. The molecule has 0 atom stereocenters. The summed E-state index contributed by atoms with van der Waals surface area (Å²) in [5, 5.41) is 0. The Hall–Kier alpha value is -0.700. The molecule has 70 valence electrons. The number of halogens is 1. The van der Waals surface area contributed by atoms with Gasteiger partial charge in [0.1, 0.15) is 0 Å². The lowest BCUT2D eigenvalue weighted by Crippen LogP contribution is -2.13. The third kappa shape index (κ3) is 4.23. The zero-order valence-electron chi connectivity index (χ0n) is 8.10. The molecule has 0 unspecified atom stereocenters. The predicted molar refractivity (Wildman–Crippen MR) is 47.6 cm³/mol. The first-order chi connectivity index (χ1) is 5.45. The van der Waals surface area contributed by atoms with Gasteiger partial charge >= 0.3 is 0 Å². The number of rotatable bonds is 4. The van der Waals surface area contributed by atoms with Crippen LogP contribution in [0.3, 0.4) is 0 Å². The molecule has 3 heteroatoms. The Labute approximate surface area is 73.1 Å². The fraction of sp³-hybridized carbons (Fsp3) is 0.667. The van der Waals surface area contributed by atoms with Gasteiger partial charge < -0.3 is 4.90 Å². The monoisotopic (exact) mass is 173 g/mol. The lowest BCUT2D eigenvalue weighted by atomic mass is 10.1. The quantitative estimate of drug-likeness (QED) is 0.602. The number of carbonyl (C=O) groups excluding carboxylic acids is 1. The number of hydrogen-bond acceptors (Lipinski definition) is 2. The van der Waals surface area contributed by atoms with Crippen LogP contribution in [0.25, 0.3) is 0 Å². The van der Waals surface area contributed by atoms with E-state index in [0.717, 1.165) is 0 Å². The second-order valence-corrected chi connectivity index (χ2v) is 3.33. The second kappa shape index (κ2) is 5.04. The molecule has 2 nitrogen and oxygen atoms in total. The summed E-state index contributed by atoms with van der Waals surface area (Å²) in [6, 6.07) is 0. The molecule has 0 aromatic carbocycles. The Morgan fingerprint density at radius 1 is 1.50 bits per heavy atom. The van der Waals surface area contributed by atoms with Crippen LogP contribution < -0.4 is 0 Å². The van der Waals surface area contributed by atoms with Crippen molar-refractivity contribution in [1.29, 1.82) is 0 Å². The van der Waals surface area contributed by atoms with E-state index in [9.17, 15) is 9.18 Å². The van der Waals surface area contributed by atoms with E-state index in [1.54, 1.807) is 18.7 Å². The van der Waals surface area contributed by atoms with Crippen molar-refractivity contribution < 1.29 is 9.18 Å². The molecule has 0 aromatic heterocycles. The number of likely N-dealkylation sites (N-methyl/N-ethyl adjacent to an activating group) is 1. The van der Waals surface area contributed by atoms with Gasteiger partial charge in [-0.25, -0.2) is 4.39 Å². The van der Waals surface area contributed by atoms with Gasteiger partial charge in [0.15, 0.2) is 11.6 Å². The van der Waals surface area contributed by atoms with E-state index in [4.69, 9.17) is 0 Å². The van der Waals surface area contributed by atoms with E-state index in [1.165, 1.54) is 6.08 Å². The standard InChI is InChI=1S/C9H16FNO/c1-7(2)9(12)8(10)5-6-11(3)4/h5,7H,6H2,1-4H3/b8-5-. The number of ketones is 1. The summed E-state index contributed by atoms with van der Waals surface area (Å²) in [6.07, 6.45) is 1.31. The van der Waals surface area contributed by atoms with Crippen LogP contribution in [0.1, 0.15) is 13.8 Å². The molecule has 0 aromatic rings. The number of Topliss-reactive ketones (excluding diaryl/α,β-unsaturated/α-hetero) is 1. The molecule has 0 fully saturated rings. The number of nitrogens with zero attached hydrogens (tertiary/aromatic N) is 1. The lowest BCUT2D eigenvalue weighted by molar-refractivity contribution is -0.119. The molecule has 0 bridgehead atoms. The summed E-state index contributed by atoms with van der Waals surface area (Å²) in [7, 11) is 3.65. The van der Waals surface area contributed by atoms with E-state index < -0.39 is 11.6 Å². The maximum absolute atomic E-state index is 12.9. The molecule has 0 saturated carbocycles. The molecule has 0 N–H and O–H groups in total. The smallest absolute Gasteiger partial charge is 0.193 e. The summed E-state index contributed by atoms with van der Waals surface area (Å²) in [6.45, 7) is 3.83. The first kappa shape index (κ1) is 11.3. The van der Waals surface area contributed by atoms with Gasteiger partial charge in [-0.1, -0.05) is 13.8 Å². The fourth-order valence-corrected chi connectivity index (χ4v) is 0.639. The minimum atomic E-state index is -0.626. The second-order valence-electron chi connectivity index (χ2n) is 3.33. The molecule has 0 rings (SSSR count). The van der Waals surface area contributed by atoms with Crippen molar-refractivity contribution in [1.82, 2.24) is 4.90 Å². The van der Waals surface area contributed by atoms with Gasteiger partial charge in [-0.15, -0.1) is 0 Å². The van der Waals surface area contributed by atoms with Crippen LogP contribution in [0.15, 0.2) is 11.9 Å². The van der Waals surface area contributed by atoms with Gasteiger partial charge in [0.25, 0.3) is 0 Å². The lowest BCUT2D eigenvalue weighted by Gasteiger charge is -2.05. The zero-order valence-corrected chi connectivity index (χ0v) is 8.10. The molecule has 0 heterocycles. The average molecular weight is 173 g/mol. The van der Waals surface area contributed by atoms with Gasteiger partial charge in [-0.05, 0) is 20.2 Å². The summed E-state index contributed by atoms with van der Waals surface area (Å²) < 4.78 is 12.9. The van der Waals surface area contributed by atoms with Gasteiger partial charge in [-0.3, -0.25) is 4.79 Å². The maximum Gasteiger partial charge on any atom is 0.193 e. The van der Waals surface area contributed by atoms with E-state index in [0.29, 0.717) is 6.54 Å². The topological polar surface area (TPSA) is 20.3 Å². The number of hydrogen-bond donors (Lipinski definition) is 0. The van der Waals surface area contributed by atoms with E-state index >= 15 is 0 Å². The molecule has 0 aliphatic rings. The normalized spacial score (nSPS) is 12.8. The maximum atomic E-state index is 12.9. The van der Waals surface area contributed by atoms with Crippen LogP contribution in [0, 0.1) is 5.92 Å². The molecule has 0 radical (unpaired) electrons. The molecule has 0 saturated heterocycles. The minimum Gasteiger partial charge on any atom is -0.306 e. The highest BCUT2D eigenvalue weighted by molar-refractivity contribution is 5.94. The van der Waals surface area contributed by atoms with Crippen molar-refractivity contribution in [2.45, 2.75) is 13.8 Å². The Morgan fingerprint density at radius 3 is 2.33 bits per heavy atom. The Bertz CT molecular complexity index is 185. The molecular formula is C9H16FNO. The summed E-state index contributed by atoms with van der Waals surface area (Å²) >= 11 is 0. The third-order valence-corrected chi connectivity index (χ3v) is 1.40. The van der Waals surface area contributed by atoms with Crippen LogP contribution in [-0.2, 0) is 4.79 Å². The number of carbonyl (C=O) groups is 1. The van der Waals surface area contributed by atoms with Crippen molar-refractivity contribution in [2.75, 3.05) is 20.6 Å². The third-order valence-electron chi connectivity index (χ3n) is 1.40. The van der Waals surface area contributed by atoms with Crippen molar-refractivity contribution in [3.05, 3.63) is 11.9 Å². The van der Waals surface area contributed by atoms with Crippen molar-refractivity contribution in [3.8, 4) is 0 Å². The fourth-order valence-electron chi connectivity index (χ4n) is 0.639. The Balaban J connectivity index is 4.09. The van der Waals surface area contributed by atoms with Gasteiger partial charge in [0, 0.05) is 12.5 Å². The van der Waals surface area contributed by atoms with E-state index in [1.807, 2.05) is 14.1 Å². The first-order valence-corrected chi connectivity index (χ1v) is 3.99. The van der Waals surface area contributed by atoms with Crippen LogP contribution in [0.2, 0.25) is 0 Å². The van der Waals surface area contributed by atoms with Gasteiger partial charge in [-0.2, -0.15) is 0 Å². The van der Waals surface area contributed by atoms with E-state index in [-0.39, 0.29) is 5.92 Å². The molecule has 12 heavy (non-hydrogen) atoms. The molecule has 0 aliphatic carbocycles. The highest BCUT2D eigenvalue weighted by Crippen LogP contribution is 2.06. The van der Waals surface area contributed by atoms with Crippen LogP contribution in [0.5, 0.6) is 0 Å². The molecule has 0 aliphatic heterocycles. The molecule has 0 spiro atoms. The SMILES string of the molecule is CC(C)C(=O)/C(F)=C/CN(C)C. The first-order valence-electron chi connectivity index (χ1n) is 3.99. The van der Waals surface area contributed by atoms with Gasteiger partial charge in [0.2, 0.25) is 0 Å². The average Bonchev–Trinajstić information content (AvgIpc) is 1.98. The van der Waals surface area contributed by atoms with E-state index in [2.05, 4.69) is 0 Å². The minimum absolute atomic E-state index is 0.261. The Morgan fingerprint density at radius 2 is 2.00 bits per heavy atom. The number of allylic oxidation sites excluding steroid dienone is 1. The van der Waals surface area contributed by atoms with Crippen LogP contribution in [0.4, 0.5) is 4.39 Å². The highest BCUT2D eigenvalue weighted by atomic mass is 19.1. The summed E-state index contributed by atoms with van der Waals surface area (Å²) in [5.74, 6) is -1.31. The van der Waals surface area contributed by atoms with Crippen molar-refractivity contribution in [2.24, 2.45) is 5.92 Å². The highest BCUT2D eigenvalue weighted by Gasteiger charge is 2.12. The molecular weight excluding hydrogens is 157 g/mol. The Kier molecular flexibility index (Phi) is 4.74. The van der Waals surface area contributed by atoms with Gasteiger partial charge in [0.05, 0.1) is 0 Å². The van der Waals surface area contributed by atoms with Crippen molar-refractivity contribution >= 4 is 5.78 Å².